The number of hydroxylamine groups is 1. The van der Waals surface area contributed by atoms with Crippen LogP contribution in [0.25, 0.3) is 0 Å². The van der Waals surface area contributed by atoms with Crippen LogP contribution in [0.2, 0.25) is 0 Å². The van der Waals surface area contributed by atoms with Crippen molar-refractivity contribution in [2.75, 3.05) is 18.5 Å². The molecule has 0 saturated carbocycles. The Bertz CT molecular complexity index is 905. The van der Waals surface area contributed by atoms with E-state index in [1.165, 1.54) is 26.1 Å². The predicted molar refractivity (Wildman–Crippen MR) is 98.1 cm³/mol. The highest BCUT2D eigenvalue weighted by atomic mass is 79.9. The molecule has 9 nitrogen and oxygen atoms in total. The van der Waals surface area contributed by atoms with Gasteiger partial charge in [-0.3, -0.25) is 14.4 Å². The molecule has 1 aromatic heterocycles. The summed E-state index contributed by atoms with van der Waals surface area (Å²) in [6.07, 6.45) is -1.17. The zero-order valence-electron chi connectivity index (χ0n) is 14.5. The van der Waals surface area contributed by atoms with Gasteiger partial charge in [0.1, 0.15) is 18.5 Å². The summed E-state index contributed by atoms with van der Waals surface area (Å²) < 4.78 is 15.6. The van der Waals surface area contributed by atoms with Crippen LogP contribution in [0, 0.1) is 12.7 Å². The highest BCUT2D eigenvalue weighted by Crippen LogP contribution is 2.25. The molecule has 2 aromatic rings. The van der Waals surface area contributed by atoms with Gasteiger partial charge in [0.2, 0.25) is 0 Å². The van der Waals surface area contributed by atoms with E-state index in [1.54, 1.807) is 6.07 Å². The van der Waals surface area contributed by atoms with Crippen molar-refractivity contribution in [2.45, 2.75) is 13.0 Å². The third-order valence-electron chi connectivity index (χ3n) is 3.53. The van der Waals surface area contributed by atoms with E-state index in [0.29, 0.717) is 4.47 Å². The van der Waals surface area contributed by atoms with Gasteiger partial charge in [-0.25, -0.2) is 14.6 Å². The first-order valence-electron chi connectivity index (χ1n) is 7.75. The molecule has 1 aromatic carbocycles. The lowest BCUT2D eigenvalue weighted by molar-refractivity contribution is -0.0297. The summed E-state index contributed by atoms with van der Waals surface area (Å²) in [5, 5.41) is 24.6. The molecule has 0 saturated heterocycles. The van der Waals surface area contributed by atoms with Gasteiger partial charge in [-0.1, -0.05) is 15.9 Å². The Hall–Kier alpha value is -2.34. The number of halogens is 2. The molecule has 0 radical (unpaired) electrons. The number of aliphatic hydroxyl groups is 2. The molecule has 0 spiro atoms. The van der Waals surface area contributed by atoms with Crippen molar-refractivity contribution in [1.29, 1.82) is 0 Å². The normalized spacial score (nSPS) is 11.9. The fourth-order valence-electron chi connectivity index (χ4n) is 2.11. The van der Waals surface area contributed by atoms with Gasteiger partial charge in [-0.15, -0.1) is 0 Å². The number of rotatable bonds is 7. The van der Waals surface area contributed by atoms with Crippen LogP contribution in [0.3, 0.4) is 0 Å². The predicted octanol–water partition coefficient (Wildman–Crippen LogP) is 0.749. The molecule has 0 fully saturated rings. The highest BCUT2D eigenvalue weighted by molar-refractivity contribution is 9.10. The quantitative estimate of drug-likeness (QED) is 0.464. The van der Waals surface area contributed by atoms with Crippen molar-refractivity contribution >= 4 is 33.2 Å². The highest BCUT2D eigenvalue weighted by Gasteiger charge is 2.21. The van der Waals surface area contributed by atoms with Crippen molar-refractivity contribution in [3.05, 3.63) is 50.1 Å². The third-order valence-corrected chi connectivity index (χ3v) is 4.03. The second-order valence-electron chi connectivity index (χ2n) is 5.61. The lowest BCUT2D eigenvalue weighted by Crippen LogP contribution is -2.34. The van der Waals surface area contributed by atoms with E-state index < -0.39 is 30.0 Å². The molecule has 1 unspecified atom stereocenters. The lowest BCUT2D eigenvalue weighted by atomic mass is 10.2. The van der Waals surface area contributed by atoms with E-state index in [9.17, 15) is 19.1 Å². The molecule has 2 rings (SSSR count). The lowest BCUT2D eigenvalue weighted by Gasteiger charge is -2.16. The zero-order valence-corrected chi connectivity index (χ0v) is 16.1. The number of nitrogens with zero attached hydrogens (tertiary/aromatic N) is 2. The van der Waals surface area contributed by atoms with Crippen LogP contribution in [0.15, 0.2) is 27.5 Å². The van der Waals surface area contributed by atoms with Crippen LogP contribution in [0.5, 0.6) is 0 Å². The van der Waals surface area contributed by atoms with Crippen molar-refractivity contribution in [3.8, 4) is 0 Å². The molecule has 0 aliphatic heterocycles. The number of aliphatic hydroxyl groups excluding tert-OH is 2. The summed E-state index contributed by atoms with van der Waals surface area (Å²) in [5.41, 5.74) is 1.59. The summed E-state index contributed by atoms with van der Waals surface area (Å²) in [5.74, 6) is -1.42. The molecule has 146 valence electrons. The molecule has 0 aliphatic rings. The van der Waals surface area contributed by atoms with E-state index >= 15 is 0 Å². The summed E-state index contributed by atoms with van der Waals surface area (Å²) in [6, 6.07) is 4.26. The second kappa shape index (κ2) is 9.04. The van der Waals surface area contributed by atoms with Crippen LogP contribution in [0.1, 0.15) is 16.1 Å². The first-order valence-corrected chi connectivity index (χ1v) is 8.55. The second-order valence-corrected chi connectivity index (χ2v) is 6.52. The number of aromatic nitrogens is 2. The van der Waals surface area contributed by atoms with Crippen LogP contribution in [-0.2, 0) is 11.9 Å². The number of carbonyl (C=O) groups excluding carboxylic acids is 1. The van der Waals surface area contributed by atoms with Gasteiger partial charge in [0, 0.05) is 17.1 Å². The van der Waals surface area contributed by atoms with Crippen molar-refractivity contribution in [2.24, 2.45) is 7.05 Å². The van der Waals surface area contributed by atoms with E-state index in [-0.39, 0.29) is 29.2 Å². The van der Waals surface area contributed by atoms with E-state index in [1.807, 2.05) is 0 Å². The Morgan fingerprint density at radius 3 is 2.81 bits per heavy atom. The molecular weight excluding hydrogens is 427 g/mol. The van der Waals surface area contributed by atoms with Gasteiger partial charge in [0.25, 0.3) is 11.5 Å². The van der Waals surface area contributed by atoms with Gasteiger partial charge in [-0.2, -0.15) is 5.10 Å². The molecule has 11 heteroatoms. The Balaban J connectivity index is 2.36. The van der Waals surface area contributed by atoms with Crippen molar-refractivity contribution < 1.29 is 24.2 Å². The fraction of sp³-hybridized carbons (Fsp3) is 0.312. The number of anilines is 2. The molecule has 0 aliphatic carbocycles. The van der Waals surface area contributed by atoms with E-state index in [2.05, 4.69) is 31.8 Å². The SMILES string of the molecule is Cc1c(Nc2ccc(Br)cc2F)c(C(=O)NOCC(O)CO)nn(C)c1=O. The Kier molecular flexibility index (Phi) is 7.02. The summed E-state index contributed by atoms with van der Waals surface area (Å²) in [6.45, 7) is 0.579. The van der Waals surface area contributed by atoms with Gasteiger partial charge in [0.05, 0.1) is 18.0 Å². The summed E-state index contributed by atoms with van der Waals surface area (Å²) in [7, 11) is 1.37. The van der Waals surface area contributed by atoms with Gasteiger partial charge < -0.3 is 15.5 Å². The minimum absolute atomic E-state index is 0.0168. The number of carbonyl (C=O) groups is 1. The van der Waals surface area contributed by atoms with Gasteiger partial charge in [0.15, 0.2) is 5.69 Å². The Labute approximate surface area is 161 Å². The number of nitrogens with one attached hydrogen (secondary N) is 2. The smallest absolute Gasteiger partial charge is 0.297 e. The van der Waals surface area contributed by atoms with Crippen LogP contribution in [0.4, 0.5) is 15.8 Å². The van der Waals surface area contributed by atoms with E-state index in [0.717, 1.165) is 4.68 Å². The molecule has 1 atom stereocenters. The molecule has 27 heavy (non-hydrogen) atoms. The summed E-state index contributed by atoms with van der Waals surface area (Å²) >= 11 is 3.15. The molecule has 4 N–H and O–H groups in total. The monoisotopic (exact) mass is 444 g/mol. The van der Waals surface area contributed by atoms with Crippen LogP contribution in [-0.4, -0.2) is 45.2 Å². The number of benzene rings is 1. The van der Waals surface area contributed by atoms with Crippen molar-refractivity contribution in [3.63, 3.8) is 0 Å². The maximum absolute atomic E-state index is 14.1. The molecular formula is C16H18BrFN4O5. The molecule has 1 amide bonds. The molecule has 0 bridgehead atoms. The van der Waals surface area contributed by atoms with E-state index in [4.69, 9.17) is 9.94 Å². The van der Waals surface area contributed by atoms with Crippen LogP contribution < -0.4 is 16.4 Å². The van der Waals surface area contributed by atoms with Crippen LogP contribution >= 0.6 is 15.9 Å². The number of hydrogen-bond acceptors (Lipinski definition) is 7. The topological polar surface area (TPSA) is 126 Å². The zero-order chi connectivity index (χ0) is 20.1. The standard InChI is InChI=1S/C16H18BrFN4O5/c1-8-13(19-12-4-3-9(17)5-11(12)18)14(20-22(2)16(8)26)15(25)21-27-7-10(24)6-23/h3-5,10,19,23-24H,6-7H2,1-2H3,(H,21,25). The number of aryl methyl sites for hydroxylation is 1. The van der Waals surface area contributed by atoms with Gasteiger partial charge >= 0.3 is 0 Å². The largest absolute Gasteiger partial charge is 0.394 e. The maximum atomic E-state index is 14.1. The maximum Gasteiger partial charge on any atom is 0.297 e. The first-order chi connectivity index (χ1) is 12.7. The minimum Gasteiger partial charge on any atom is -0.394 e. The first kappa shape index (κ1) is 21.0. The van der Waals surface area contributed by atoms with Crippen molar-refractivity contribution in [1.82, 2.24) is 15.3 Å². The summed E-state index contributed by atoms with van der Waals surface area (Å²) in [4.78, 5) is 29.4. The number of hydrogen-bond donors (Lipinski definition) is 4. The average molecular weight is 445 g/mol. The minimum atomic E-state index is -1.17. The molecule has 1 heterocycles. The third kappa shape index (κ3) is 5.10. The van der Waals surface area contributed by atoms with Gasteiger partial charge in [-0.05, 0) is 25.1 Å². The Morgan fingerprint density at radius 1 is 1.48 bits per heavy atom. The Morgan fingerprint density at radius 2 is 2.19 bits per heavy atom. The number of amides is 1. The average Bonchev–Trinajstić information content (AvgIpc) is 2.63. The fourth-order valence-corrected chi connectivity index (χ4v) is 2.45.